The van der Waals surface area contributed by atoms with Gasteiger partial charge >= 0.3 is 0 Å². The van der Waals surface area contributed by atoms with E-state index < -0.39 is 20.0 Å². The fourth-order valence-corrected chi connectivity index (χ4v) is 4.51. The van der Waals surface area contributed by atoms with Crippen LogP contribution in [0.15, 0.2) is 58.6 Å². The average molecular weight is 383 g/mol. The van der Waals surface area contributed by atoms with Crippen LogP contribution in [0.4, 0.5) is 5.69 Å². The van der Waals surface area contributed by atoms with Crippen molar-refractivity contribution < 1.29 is 16.8 Å². The minimum absolute atomic E-state index is 0.0994. The molecule has 1 aromatic heterocycles. The van der Waals surface area contributed by atoms with Crippen LogP contribution in [0, 0.1) is 5.92 Å². The molecule has 25 heavy (non-hydrogen) atoms. The first-order valence-corrected chi connectivity index (χ1v) is 10.6. The molecule has 0 saturated heterocycles. The van der Waals surface area contributed by atoms with Gasteiger partial charge in [0, 0.05) is 18.4 Å². The van der Waals surface area contributed by atoms with Gasteiger partial charge in [-0.05, 0) is 43.2 Å². The number of rotatable bonds is 7. The predicted molar refractivity (Wildman–Crippen MR) is 96.1 cm³/mol. The van der Waals surface area contributed by atoms with Crippen LogP contribution in [-0.4, -0.2) is 27.9 Å². The molecule has 2 N–H and O–H groups in total. The van der Waals surface area contributed by atoms with Crippen molar-refractivity contribution >= 4 is 25.7 Å². The van der Waals surface area contributed by atoms with Gasteiger partial charge in [0.15, 0.2) is 0 Å². The summed E-state index contributed by atoms with van der Waals surface area (Å²) >= 11 is 0. The van der Waals surface area contributed by atoms with E-state index in [9.17, 15) is 16.8 Å². The quantitative estimate of drug-likeness (QED) is 0.762. The topological polar surface area (TPSA) is 105 Å². The third-order valence-electron chi connectivity index (χ3n) is 3.70. The highest BCUT2D eigenvalue weighted by Crippen LogP contribution is 2.19. The monoisotopic (exact) mass is 383 g/mol. The molecular formula is C16H21N3O4S2. The Hall–Kier alpha value is -1.97. The molecule has 1 atom stereocenters. The van der Waals surface area contributed by atoms with E-state index in [1.54, 1.807) is 6.92 Å². The van der Waals surface area contributed by atoms with Crippen LogP contribution in [0.2, 0.25) is 0 Å². The second-order valence-electron chi connectivity index (χ2n) is 5.97. The molecule has 0 bridgehead atoms. The predicted octanol–water partition coefficient (Wildman–Crippen LogP) is 2.21. The van der Waals surface area contributed by atoms with Crippen LogP contribution in [0.25, 0.3) is 0 Å². The zero-order valence-corrected chi connectivity index (χ0v) is 15.8. The smallest absolute Gasteiger partial charge is 0.261 e. The van der Waals surface area contributed by atoms with Crippen molar-refractivity contribution in [3.05, 3.63) is 48.8 Å². The standard InChI is InChI=1S/C16H21N3O4S2/c1-12(2)13(3)18-24(20,21)15-5-4-6-16(11-15)25(22,23)19-14-7-9-17-10-8-14/h4-13,18H,1-3H3,(H,17,19)/t13-/m0/s1. The maximum atomic E-state index is 12.5. The molecule has 2 rings (SSSR count). The van der Waals surface area contributed by atoms with Crippen molar-refractivity contribution in [3.63, 3.8) is 0 Å². The van der Waals surface area contributed by atoms with E-state index in [2.05, 4.69) is 14.4 Å². The lowest BCUT2D eigenvalue weighted by Crippen LogP contribution is -2.36. The average Bonchev–Trinajstić information content (AvgIpc) is 2.55. The summed E-state index contributed by atoms with van der Waals surface area (Å²) < 4.78 is 54.8. The van der Waals surface area contributed by atoms with Gasteiger partial charge in [0.25, 0.3) is 10.0 Å². The van der Waals surface area contributed by atoms with E-state index in [-0.39, 0.29) is 21.8 Å². The zero-order chi connectivity index (χ0) is 18.7. The number of benzene rings is 1. The summed E-state index contributed by atoms with van der Waals surface area (Å²) in [6, 6.07) is 7.97. The number of nitrogens with one attached hydrogen (secondary N) is 2. The third kappa shape index (κ3) is 5.00. The molecule has 0 aliphatic heterocycles. The number of hydrogen-bond acceptors (Lipinski definition) is 5. The largest absolute Gasteiger partial charge is 0.280 e. The van der Waals surface area contributed by atoms with E-state index >= 15 is 0 Å². The van der Waals surface area contributed by atoms with Gasteiger partial charge in [-0.1, -0.05) is 19.9 Å². The normalized spacial score (nSPS) is 13.6. The lowest BCUT2D eigenvalue weighted by molar-refractivity contribution is 0.476. The summed E-state index contributed by atoms with van der Waals surface area (Å²) in [6.07, 6.45) is 2.91. The number of anilines is 1. The number of nitrogens with zero attached hydrogens (tertiary/aromatic N) is 1. The van der Waals surface area contributed by atoms with E-state index in [0.717, 1.165) is 6.07 Å². The molecule has 0 fully saturated rings. The van der Waals surface area contributed by atoms with Crippen molar-refractivity contribution in [2.24, 2.45) is 5.92 Å². The van der Waals surface area contributed by atoms with E-state index in [1.807, 2.05) is 13.8 Å². The van der Waals surface area contributed by atoms with Crippen molar-refractivity contribution in [3.8, 4) is 0 Å². The molecule has 0 saturated carbocycles. The molecule has 0 spiro atoms. The Labute approximate surface area is 148 Å². The summed E-state index contributed by atoms with van der Waals surface area (Å²) in [7, 11) is -7.72. The minimum atomic E-state index is -3.91. The highest BCUT2D eigenvalue weighted by Gasteiger charge is 2.22. The van der Waals surface area contributed by atoms with Crippen molar-refractivity contribution in [1.82, 2.24) is 9.71 Å². The molecule has 7 nitrogen and oxygen atoms in total. The minimum Gasteiger partial charge on any atom is -0.280 e. The highest BCUT2D eigenvalue weighted by molar-refractivity contribution is 7.93. The number of aromatic nitrogens is 1. The van der Waals surface area contributed by atoms with Crippen LogP contribution in [-0.2, 0) is 20.0 Å². The zero-order valence-electron chi connectivity index (χ0n) is 14.2. The molecular weight excluding hydrogens is 362 g/mol. The maximum absolute atomic E-state index is 12.5. The van der Waals surface area contributed by atoms with Crippen molar-refractivity contribution in [1.29, 1.82) is 0 Å². The number of sulfonamides is 2. The molecule has 9 heteroatoms. The van der Waals surface area contributed by atoms with Crippen LogP contribution >= 0.6 is 0 Å². The molecule has 0 aliphatic rings. The van der Waals surface area contributed by atoms with Gasteiger partial charge < -0.3 is 0 Å². The summed E-state index contributed by atoms with van der Waals surface area (Å²) in [5.41, 5.74) is 0.342. The summed E-state index contributed by atoms with van der Waals surface area (Å²) in [5, 5.41) is 0. The Bertz CT molecular complexity index is 927. The van der Waals surface area contributed by atoms with Crippen molar-refractivity contribution in [2.75, 3.05) is 4.72 Å². The van der Waals surface area contributed by atoms with Crippen LogP contribution in [0.3, 0.4) is 0 Å². The van der Waals surface area contributed by atoms with Gasteiger partial charge in [0.2, 0.25) is 10.0 Å². The Morgan fingerprint density at radius 2 is 1.44 bits per heavy atom. The molecule has 136 valence electrons. The number of hydrogen-bond donors (Lipinski definition) is 2. The lowest BCUT2D eigenvalue weighted by atomic mass is 10.1. The SMILES string of the molecule is CC(C)[C@H](C)NS(=O)(=O)c1cccc(S(=O)(=O)Nc2ccncc2)c1. The Morgan fingerprint density at radius 3 is 2.00 bits per heavy atom. The van der Waals surface area contributed by atoms with Gasteiger partial charge in [-0.15, -0.1) is 0 Å². The van der Waals surface area contributed by atoms with Gasteiger partial charge in [-0.3, -0.25) is 9.71 Å². The van der Waals surface area contributed by atoms with Gasteiger partial charge in [0.05, 0.1) is 15.5 Å². The highest BCUT2D eigenvalue weighted by atomic mass is 32.2. The van der Waals surface area contributed by atoms with Gasteiger partial charge in [0.1, 0.15) is 0 Å². The molecule has 2 aromatic rings. The maximum Gasteiger partial charge on any atom is 0.261 e. The molecule has 0 radical (unpaired) electrons. The van der Waals surface area contributed by atoms with Crippen LogP contribution in [0.1, 0.15) is 20.8 Å². The first-order chi connectivity index (χ1) is 11.6. The Balaban J connectivity index is 2.32. The molecule has 1 heterocycles. The molecule has 1 aromatic carbocycles. The summed E-state index contributed by atoms with van der Waals surface area (Å²) in [4.78, 5) is 3.58. The van der Waals surface area contributed by atoms with Crippen molar-refractivity contribution in [2.45, 2.75) is 36.6 Å². The first-order valence-electron chi connectivity index (χ1n) is 7.67. The number of pyridine rings is 1. The Morgan fingerprint density at radius 1 is 0.880 bits per heavy atom. The molecule has 0 amide bonds. The molecule has 0 aliphatic carbocycles. The van der Waals surface area contributed by atoms with E-state index in [4.69, 9.17) is 0 Å². The Kier molecular flexibility index (Phi) is 5.81. The summed E-state index contributed by atoms with van der Waals surface area (Å²) in [6.45, 7) is 5.55. The third-order valence-corrected chi connectivity index (χ3v) is 6.64. The first kappa shape index (κ1) is 19.4. The van der Waals surface area contributed by atoms with Gasteiger partial charge in [-0.2, -0.15) is 0 Å². The van der Waals surface area contributed by atoms with Gasteiger partial charge in [-0.25, -0.2) is 21.6 Å². The molecule has 0 unspecified atom stereocenters. The second-order valence-corrected chi connectivity index (χ2v) is 9.37. The van der Waals surface area contributed by atoms with Crippen LogP contribution in [0.5, 0.6) is 0 Å². The fourth-order valence-electron chi connectivity index (χ4n) is 1.89. The van der Waals surface area contributed by atoms with Crippen LogP contribution < -0.4 is 9.44 Å². The van der Waals surface area contributed by atoms with E-state index in [1.165, 1.54) is 42.7 Å². The summed E-state index contributed by atoms with van der Waals surface area (Å²) in [5.74, 6) is 0.107. The van der Waals surface area contributed by atoms with E-state index in [0.29, 0.717) is 5.69 Å². The second kappa shape index (κ2) is 7.51. The fraction of sp³-hybridized carbons (Fsp3) is 0.312. The lowest BCUT2D eigenvalue weighted by Gasteiger charge is -2.18.